The lowest BCUT2D eigenvalue weighted by Crippen LogP contribution is -2.26. The summed E-state index contributed by atoms with van der Waals surface area (Å²) in [5.74, 6) is 0. The average molecular weight is 196 g/mol. The van der Waals surface area contributed by atoms with E-state index in [1.165, 1.54) is 11.3 Å². The Kier molecular flexibility index (Phi) is 4.14. The molecule has 1 unspecified atom stereocenters. The highest BCUT2D eigenvalue weighted by molar-refractivity contribution is 5.17. The van der Waals surface area contributed by atoms with Crippen molar-refractivity contribution in [3.8, 4) is 0 Å². The molecule has 80 valence electrons. The first-order chi connectivity index (χ1) is 6.81. The molecule has 14 heavy (non-hydrogen) atoms. The van der Waals surface area contributed by atoms with Gasteiger partial charge in [-0.2, -0.15) is 5.10 Å². The number of hydrogen-bond acceptors (Lipinski definition) is 2. The minimum absolute atomic E-state index is 0.358. The highest BCUT2D eigenvalue weighted by Crippen LogP contribution is 2.18. The van der Waals surface area contributed by atoms with Gasteiger partial charge in [-0.05, 0) is 25.3 Å². The van der Waals surface area contributed by atoms with E-state index >= 15 is 0 Å². The fourth-order valence-electron chi connectivity index (χ4n) is 1.76. The van der Waals surface area contributed by atoms with Gasteiger partial charge >= 0.3 is 0 Å². The van der Waals surface area contributed by atoms with Gasteiger partial charge in [-0.25, -0.2) is 0 Å². The second-order valence-corrected chi connectivity index (χ2v) is 3.35. The van der Waals surface area contributed by atoms with Crippen molar-refractivity contribution >= 4 is 0 Å². The summed E-state index contributed by atoms with van der Waals surface area (Å²) in [4.78, 5) is 0. The molecule has 1 aliphatic heterocycles. The van der Waals surface area contributed by atoms with Gasteiger partial charge in [-0.1, -0.05) is 13.8 Å². The van der Waals surface area contributed by atoms with Gasteiger partial charge in [0.25, 0.3) is 0 Å². The second-order valence-electron chi connectivity index (χ2n) is 3.35. The van der Waals surface area contributed by atoms with Crippen molar-refractivity contribution in [1.82, 2.24) is 9.78 Å². The van der Waals surface area contributed by atoms with E-state index in [1.54, 1.807) is 7.11 Å². The number of aromatic nitrogens is 2. The van der Waals surface area contributed by atoms with E-state index in [1.807, 2.05) is 20.0 Å². The predicted molar refractivity (Wildman–Crippen MR) is 57.4 cm³/mol. The van der Waals surface area contributed by atoms with Crippen molar-refractivity contribution in [2.24, 2.45) is 0 Å². The van der Waals surface area contributed by atoms with Crippen molar-refractivity contribution in [3.05, 3.63) is 17.5 Å². The van der Waals surface area contributed by atoms with E-state index in [9.17, 15) is 0 Å². The molecule has 1 aromatic heterocycles. The van der Waals surface area contributed by atoms with Gasteiger partial charge in [0.2, 0.25) is 0 Å². The van der Waals surface area contributed by atoms with Gasteiger partial charge in [-0.15, -0.1) is 0 Å². The predicted octanol–water partition coefficient (Wildman–Crippen LogP) is 2.18. The van der Waals surface area contributed by atoms with Gasteiger partial charge in [0.05, 0.1) is 18.8 Å². The largest absolute Gasteiger partial charge is 0.380 e. The molecule has 0 aromatic carbocycles. The monoisotopic (exact) mass is 196 g/mol. The normalized spacial score (nSPS) is 19.6. The Bertz CT molecular complexity index is 281. The maximum atomic E-state index is 5.30. The molecule has 3 nitrogen and oxygen atoms in total. The number of methoxy groups -OCH3 is 1. The molecule has 2 heterocycles. The molecule has 0 spiro atoms. The minimum Gasteiger partial charge on any atom is -0.380 e. The lowest BCUT2D eigenvalue weighted by atomic mass is 10.1. The molecular weight excluding hydrogens is 176 g/mol. The second kappa shape index (κ2) is 5.15. The van der Waals surface area contributed by atoms with Crippen molar-refractivity contribution in [2.75, 3.05) is 7.11 Å². The van der Waals surface area contributed by atoms with Crippen LogP contribution >= 0.6 is 0 Å². The van der Waals surface area contributed by atoms with Gasteiger partial charge in [0.15, 0.2) is 0 Å². The van der Waals surface area contributed by atoms with Crippen LogP contribution < -0.4 is 0 Å². The molecule has 1 aliphatic rings. The zero-order chi connectivity index (χ0) is 10.6. The maximum Gasteiger partial charge on any atom is 0.0771 e. The Balaban J connectivity index is 0.000000461. The van der Waals surface area contributed by atoms with E-state index in [-0.39, 0.29) is 0 Å². The topological polar surface area (TPSA) is 27.1 Å². The fraction of sp³-hybridized carbons (Fsp3) is 0.727. The lowest BCUT2D eigenvalue weighted by molar-refractivity contribution is 0.0672. The summed E-state index contributed by atoms with van der Waals surface area (Å²) in [6.45, 7) is 7.03. The van der Waals surface area contributed by atoms with Crippen LogP contribution in [0.2, 0.25) is 0 Å². The average Bonchev–Trinajstić information content (AvgIpc) is 2.63. The molecule has 1 atom stereocenters. The Morgan fingerprint density at radius 1 is 1.50 bits per heavy atom. The molecule has 0 N–H and O–H groups in total. The van der Waals surface area contributed by atoms with Gasteiger partial charge in [0.1, 0.15) is 0 Å². The van der Waals surface area contributed by atoms with Crippen LogP contribution in [0.25, 0.3) is 0 Å². The summed E-state index contributed by atoms with van der Waals surface area (Å²) in [6, 6.07) is 0. The first kappa shape index (κ1) is 11.2. The third-order valence-corrected chi connectivity index (χ3v) is 2.57. The molecule has 0 amide bonds. The zero-order valence-electron chi connectivity index (χ0n) is 9.58. The smallest absolute Gasteiger partial charge is 0.0771 e. The summed E-state index contributed by atoms with van der Waals surface area (Å²) < 4.78 is 7.36. The lowest BCUT2D eigenvalue weighted by Gasteiger charge is -2.22. The van der Waals surface area contributed by atoms with Crippen LogP contribution in [0.3, 0.4) is 0 Å². The van der Waals surface area contributed by atoms with Crippen molar-refractivity contribution in [2.45, 2.75) is 46.3 Å². The van der Waals surface area contributed by atoms with Crippen LogP contribution in [0.15, 0.2) is 6.20 Å². The number of ether oxygens (including phenoxy) is 1. The minimum atomic E-state index is 0.358. The third kappa shape index (κ3) is 2.15. The number of rotatable bonds is 1. The molecule has 2 rings (SSSR count). The first-order valence-electron chi connectivity index (χ1n) is 5.35. The van der Waals surface area contributed by atoms with Crippen molar-refractivity contribution in [1.29, 1.82) is 0 Å². The number of aryl methyl sites for hydroxylation is 1. The molecule has 3 heteroatoms. The molecule has 1 aromatic rings. The van der Waals surface area contributed by atoms with Crippen molar-refractivity contribution in [3.63, 3.8) is 0 Å². The van der Waals surface area contributed by atoms with E-state index in [0.29, 0.717) is 6.10 Å². The number of hydrogen-bond donors (Lipinski definition) is 0. The highest BCUT2D eigenvalue weighted by Gasteiger charge is 2.19. The molecular formula is C11H20N2O. The van der Waals surface area contributed by atoms with Crippen LogP contribution in [0.5, 0.6) is 0 Å². The Hall–Kier alpha value is -0.830. The molecule has 0 aliphatic carbocycles. The highest BCUT2D eigenvalue weighted by atomic mass is 16.5. The molecule has 0 radical (unpaired) electrons. The Morgan fingerprint density at radius 3 is 2.86 bits per heavy atom. The van der Waals surface area contributed by atoms with Crippen LogP contribution in [-0.4, -0.2) is 23.0 Å². The van der Waals surface area contributed by atoms with Gasteiger partial charge in [0, 0.05) is 12.8 Å². The first-order valence-corrected chi connectivity index (χ1v) is 5.35. The standard InChI is InChI=1S/C9H14N2O.C2H6/c1-7-5-10-11-6-8(12-2)3-4-9(7)11;1-2/h5,8H,3-4,6H2,1-2H3;1-2H3. The number of nitrogens with zero attached hydrogens (tertiary/aromatic N) is 2. The third-order valence-electron chi connectivity index (χ3n) is 2.57. The quantitative estimate of drug-likeness (QED) is 0.688. The van der Waals surface area contributed by atoms with Gasteiger partial charge in [-0.3, -0.25) is 4.68 Å². The van der Waals surface area contributed by atoms with E-state index < -0.39 is 0 Å². The van der Waals surface area contributed by atoms with Crippen LogP contribution in [0.4, 0.5) is 0 Å². The summed E-state index contributed by atoms with van der Waals surface area (Å²) >= 11 is 0. The molecule has 0 bridgehead atoms. The fourth-order valence-corrected chi connectivity index (χ4v) is 1.76. The van der Waals surface area contributed by atoms with E-state index in [4.69, 9.17) is 4.74 Å². The Morgan fingerprint density at radius 2 is 2.21 bits per heavy atom. The Labute approximate surface area is 86.1 Å². The maximum absolute atomic E-state index is 5.30. The summed E-state index contributed by atoms with van der Waals surface area (Å²) in [5, 5.41) is 4.29. The molecule has 0 saturated heterocycles. The van der Waals surface area contributed by atoms with Crippen molar-refractivity contribution < 1.29 is 4.74 Å². The van der Waals surface area contributed by atoms with E-state index in [2.05, 4.69) is 16.7 Å². The van der Waals surface area contributed by atoms with E-state index in [0.717, 1.165) is 19.4 Å². The van der Waals surface area contributed by atoms with Gasteiger partial charge < -0.3 is 4.74 Å². The SMILES string of the molecule is CC.COC1CCc2c(C)cnn2C1. The summed E-state index contributed by atoms with van der Waals surface area (Å²) in [6.07, 6.45) is 4.53. The number of fused-ring (bicyclic) bond motifs is 1. The van der Waals surface area contributed by atoms with Crippen LogP contribution in [0.1, 0.15) is 31.5 Å². The molecule has 0 fully saturated rings. The van der Waals surface area contributed by atoms with Crippen LogP contribution in [0, 0.1) is 6.92 Å². The molecule has 0 saturated carbocycles. The van der Waals surface area contributed by atoms with Crippen LogP contribution in [-0.2, 0) is 17.7 Å². The summed E-state index contributed by atoms with van der Waals surface area (Å²) in [5.41, 5.74) is 2.69. The zero-order valence-corrected chi connectivity index (χ0v) is 9.58. The summed E-state index contributed by atoms with van der Waals surface area (Å²) in [7, 11) is 1.77.